The molecule has 0 spiro atoms. The molecule has 19 heteroatoms. The van der Waals surface area contributed by atoms with Crippen molar-refractivity contribution in [3.63, 3.8) is 0 Å². The van der Waals surface area contributed by atoms with Crippen molar-refractivity contribution in [2.75, 3.05) is 39.6 Å². The van der Waals surface area contributed by atoms with Crippen LogP contribution in [0.25, 0.3) is 0 Å². The average molecular weight is 1450 g/mol. The van der Waals surface area contributed by atoms with Gasteiger partial charge in [0, 0.05) is 25.7 Å². The van der Waals surface area contributed by atoms with Crippen LogP contribution in [-0.4, -0.2) is 96.7 Å². The Morgan fingerprint density at radius 3 is 0.687 bits per heavy atom. The Kier molecular flexibility index (Phi) is 71.6. The summed E-state index contributed by atoms with van der Waals surface area (Å²) in [5.41, 5.74) is 0. The van der Waals surface area contributed by atoms with Gasteiger partial charge in [0.25, 0.3) is 0 Å². The Hall–Kier alpha value is -1.94. The van der Waals surface area contributed by atoms with Crippen molar-refractivity contribution >= 4 is 39.5 Å². The summed E-state index contributed by atoms with van der Waals surface area (Å²) >= 11 is 0. The molecule has 0 amide bonds. The number of carbonyl (C=O) groups excluding carboxylic acids is 4. The van der Waals surface area contributed by atoms with Gasteiger partial charge in [-0.2, -0.15) is 0 Å². The number of hydrogen-bond donors (Lipinski definition) is 3. The van der Waals surface area contributed by atoms with Gasteiger partial charge in [-0.25, -0.2) is 9.13 Å². The Morgan fingerprint density at radius 1 is 0.273 bits per heavy atom. The molecule has 0 aromatic carbocycles. The maximum absolute atomic E-state index is 13.1. The number of ether oxygens (including phenoxy) is 4. The molecule has 0 aliphatic heterocycles. The Bertz CT molecular complexity index is 1890. The van der Waals surface area contributed by atoms with Gasteiger partial charge in [0.2, 0.25) is 0 Å². The smallest absolute Gasteiger partial charge is 0.462 e. The van der Waals surface area contributed by atoms with Gasteiger partial charge in [-0.05, 0) is 31.6 Å². The molecule has 0 aromatic heterocycles. The van der Waals surface area contributed by atoms with Crippen LogP contribution >= 0.6 is 15.6 Å². The SMILES string of the molecule is CCCCCCCCCCCCCCCCCCCCCCCCC(=O)O[C@H](COC(=O)CCCCCCCCCCCCCC(C)C)COP(=O)(O)OC[C@@H](O)COP(=O)(O)OC[C@@H](COC(=O)CCCCCCCCCCCCC)OC(=O)CCCCCCCCCCCCCC. The zero-order chi connectivity index (χ0) is 72.7. The van der Waals surface area contributed by atoms with Gasteiger partial charge in [0.05, 0.1) is 26.4 Å². The van der Waals surface area contributed by atoms with Crippen molar-refractivity contribution < 1.29 is 80.2 Å². The van der Waals surface area contributed by atoms with Crippen molar-refractivity contribution in [2.45, 2.75) is 445 Å². The molecule has 0 bridgehead atoms. The van der Waals surface area contributed by atoms with E-state index in [1.54, 1.807) is 0 Å². The number of aliphatic hydroxyl groups excluding tert-OH is 1. The first-order valence-electron chi connectivity index (χ1n) is 41.6. The molecule has 0 fully saturated rings. The number of carbonyl (C=O) groups is 4. The lowest BCUT2D eigenvalue weighted by atomic mass is 10.0. The zero-order valence-electron chi connectivity index (χ0n) is 64.6. The van der Waals surface area contributed by atoms with Crippen LogP contribution in [0.2, 0.25) is 0 Å². The minimum absolute atomic E-state index is 0.108. The first-order chi connectivity index (χ1) is 48.0. The molecule has 0 radical (unpaired) electrons. The van der Waals surface area contributed by atoms with E-state index in [4.69, 9.17) is 37.0 Å². The zero-order valence-corrected chi connectivity index (χ0v) is 66.4. The van der Waals surface area contributed by atoms with E-state index in [0.29, 0.717) is 25.7 Å². The first-order valence-corrected chi connectivity index (χ1v) is 44.6. The molecule has 3 N–H and O–H groups in total. The van der Waals surface area contributed by atoms with Crippen LogP contribution in [0.15, 0.2) is 0 Å². The van der Waals surface area contributed by atoms with E-state index in [9.17, 15) is 43.2 Å². The molecule has 5 atom stereocenters. The van der Waals surface area contributed by atoms with E-state index in [0.717, 1.165) is 95.8 Å². The lowest BCUT2D eigenvalue weighted by Gasteiger charge is -2.21. The van der Waals surface area contributed by atoms with Crippen molar-refractivity contribution in [1.82, 2.24) is 0 Å². The van der Waals surface area contributed by atoms with Gasteiger partial charge in [0.15, 0.2) is 12.2 Å². The van der Waals surface area contributed by atoms with Gasteiger partial charge >= 0.3 is 39.5 Å². The fourth-order valence-electron chi connectivity index (χ4n) is 12.4. The van der Waals surface area contributed by atoms with Crippen LogP contribution in [0.5, 0.6) is 0 Å². The van der Waals surface area contributed by atoms with Crippen molar-refractivity contribution in [2.24, 2.45) is 5.92 Å². The highest BCUT2D eigenvalue weighted by atomic mass is 31.2. The molecule has 2 unspecified atom stereocenters. The Morgan fingerprint density at radius 2 is 0.465 bits per heavy atom. The quantitative estimate of drug-likeness (QED) is 0.0222. The number of esters is 4. The largest absolute Gasteiger partial charge is 0.472 e. The highest BCUT2D eigenvalue weighted by molar-refractivity contribution is 7.47. The maximum atomic E-state index is 13.1. The minimum atomic E-state index is -4.96. The number of hydrogen-bond acceptors (Lipinski definition) is 15. The monoisotopic (exact) mass is 1450 g/mol. The predicted molar refractivity (Wildman–Crippen MR) is 405 cm³/mol. The second kappa shape index (κ2) is 73.0. The Balaban J connectivity index is 5.20. The molecule has 0 saturated heterocycles. The summed E-state index contributed by atoms with van der Waals surface area (Å²) in [6.07, 6.45) is 63.8. The summed E-state index contributed by atoms with van der Waals surface area (Å²) in [4.78, 5) is 72.9. The number of aliphatic hydroxyl groups is 1. The fourth-order valence-corrected chi connectivity index (χ4v) is 14.0. The summed E-state index contributed by atoms with van der Waals surface area (Å²) in [6.45, 7) is 7.32. The third-order valence-electron chi connectivity index (χ3n) is 18.8. The van der Waals surface area contributed by atoms with Gasteiger partial charge in [-0.3, -0.25) is 37.3 Å². The number of phosphoric ester groups is 2. The topological polar surface area (TPSA) is 237 Å². The van der Waals surface area contributed by atoms with Gasteiger partial charge in [-0.1, -0.05) is 375 Å². The van der Waals surface area contributed by atoms with E-state index in [1.165, 1.54) is 250 Å². The maximum Gasteiger partial charge on any atom is 0.472 e. The summed E-state index contributed by atoms with van der Waals surface area (Å²) in [7, 11) is -9.91. The van der Waals surface area contributed by atoms with Gasteiger partial charge in [-0.15, -0.1) is 0 Å². The molecular formula is C80H156O17P2. The third kappa shape index (κ3) is 74.1. The second-order valence-corrected chi connectivity index (χ2v) is 32.2. The van der Waals surface area contributed by atoms with Gasteiger partial charge in [0.1, 0.15) is 19.3 Å². The van der Waals surface area contributed by atoms with Crippen molar-refractivity contribution in [1.29, 1.82) is 0 Å². The summed E-state index contributed by atoms with van der Waals surface area (Å²) in [5.74, 6) is -1.34. The molecule has 99 heavy (non-hydrogen) atoms. The molecule has 0 rings (SSSR count). The van der Waals surface area contributed by atoms with Crippen LogP contribution in [0, 0.1) is 5.92 Å². The predicted octanol–water partition coefficient (Wildman–Crippen LogP) is 24.0. The molecule has 0 aliphatic rings. The third-order valence-corrected chi connectivity index (χ3v) is 20.7. The minimum Gasteiger partial charge on any atom is -0.462 e. The molecule has 0 heterocycles. The lowest BCUT2D eigenvalue weighted by Crippen LogP contribution is -2.30. The van der Waals surface area contributed by atoms with E-state index in [1.807, 2.05) is 0 Å². The van der Waals surface area contributed by atoms with E-state index < -0.39 is 97.5 Å². The molecule has 0 aliphatic carbocycles. The first kappa shape index (κ1) is 97.1. The highest BCUT2D eigenvalue weighted by Gasteiger charge is 2.30. The summed E-state index contributed by atoms with van der Waals surface area (Å²) in [6, 6.07) is 0. The Labute approximate surface area is 607 Å². The van der Waals surface area contributed by atoms with E-state index in [-0.39, 0.29) is 25.7 Å². The molecule has 0 saturated carbocycles. The number of rotatable bonds is 80. The van der Waals surface area contributed by atoms with Crippen LogP contribution in [0.1, 0.15) is 426 Å². The molecule has 17 nitrogen and oxygen atoms in total. The number of unbranched alkanes of at least 4 members (excludes halogenated alkanes) is 52. The second-order valence-electron chi connectivity index (χ2n) is 29.3. The fraction of sp³-hybridized carbons (Fsp3) is 0.950. The average Bonchev–Trinajstić information content (AvgIpc) is 1.07. The van der Waals surface area contributed by atoms with Crippen LogP contribution < -0.4 is 0 Å². The van der Waals surface area contributed by atoms with E-state index >= 15 is 0 Å². The summed E-state index contributed by atoms with van der Waals surface area (Å²) in [5, 5.41) is 10.6. The number of phosphoric acid groups is 2. The van der Waals surface area contributed by atoms with Crippen LogP contribution in [-0.2, 0) is 65.4 Å². The normalized spacial score (nSPS) is 13.9. The molecular weight excluding hydrogens is 1290 g/mol. The van der Waals surface area contributed by atoms with Crippen LogP contribution in [0.4, 0.5) is 0 Å². The standard InChI is InChI=1S/C80H156O17P2/c1-6-9-12-15-18-21-24-26-27-28-29-30-31-32-33-34-35-40-46-51-56-61-66-80(85)97-76(70-91-78(83)64-59-54-49-44-41-36-38-42-47-52-57-62-73(4)5)72-95-99(88,89)93-68-74(81)67-92-98(86,87)94-71-75(69-90-77(82)63-58-53-48-43-37-23-20-17-14-11-8-3)96-79(84)65-60-55-50-45-39-25-22-19-16-13-10-7-2/h73-76,81H,6-72H2,1-5H3,(H,86,87)(H,88,89)/t74-,75+,76+/m0/s1. The van der Waals surface area contributed by atoms with E-state index in [2.05, 4.69) is 34.6 Å². The van der Waals surface area contributed by atoms with Crippen molar-refractivity contribution in [3.05, 3.63) is 0 Å². The van der Waals surface area contributed by atoms with Crippen LogP contribution in [0.3, 0.4) is 0 Å². The van der Waals surface area contributed by atoms with Gasteiger partial charge < -0.3 is 33.8 Å². The highest BCUT2D eigenvalue weighted by Crippen LogP contribution is 2.45. The molecule has 588 valence electrons. The lowest BCUT2D eigenvalue weighted by molar-refractivity contribution is -0.161. The summed E-state index contributed by atoms with van der Waals surface area (Å²) < 4.78 is 68.6. The molecule has 0 aromatic rings. The van der Waals surface area contributed by atoms with Crippen molar-refractivity contribution in [3.8, 4) is 0 Å².